The van der Waals surface area contributed by atoms with Crippen molar-refractivity contribution >= 4 is 0 Å². The molecule has 0 aliphatic heterocycles. The molecule has 2 aliphatic carbocycles. The van der Waals surface area contributed by atoms with Crippen molar-refractivity contribution in [2.24, 2.45) is 0 Å². The summed E-state index contributed by atoms with van der Waals surface area (Å²) in [5.74, 6) is 0.409. The molecule has 0 spiro atoms. The molecule has 0 saturated heterocycles. The molecule has 2 saturated carbocycles. The van der Waals surface area contributed by atoms with Crippen LogP contribution in [0.3, 0.4) is 0 Å². The molecule has 0 heterocycles. The average molecular weight is 260 g/mol. The summed E-state index contributed by atoms with van der Waals surface area (Å²) in [6, 6.07) is 9.00. The van der Waals surface area contributed by atoms with E-state index in [1.165, 1.54) is 25.0 Å². The smallest absolute Gasteiger partial charge is 0.123 e. The maximum absolute atomic E-state index is 12.8. The third-order valence-electron chi connectivity index (χ3n) is 3.86. The second-order valence-electron chi connectivity index (χ2n) is 5.55. The van der Waals surface area contributed by atoms with Gasteiger partial charge in [-0.15, -0.1) is 0 Å². The second-order valence-corrected chi connectivity index (χ2v) is 5.55. The highest BCUT2D eigenvalue weighted by atomic mass is 19.1. The Kier molecular flexibility index (Phi) is 3.16. The summed E-state index contributed by atoms with van der Waals surface area (Å²) in [6.45, 7) is 0. The van der Waals surface area contributed by atoms with E-state index in [-0.39, 0.29) is 11.9 Å². The standard InChI is InChI=1S/C15H17FN2O/c16-11-1-5-13(6-2-11)19-14-7-8-15(9-14,10-17)18-12-3-4-12/h1-2,5-6,12,14,18H,3-4,7-9H2. The zero-order valence-electron chi connectivity index (χ0n) is 10.7. The van der Waals surface area contributed by atoms with Crippen molar-refractivity contribution in [3.63, 3.8) is 0 Å². The van der Waals surface area contributed by atoms with Crippen LogP contribution in [-0.2, 0) is 0 Å². The molecule has 0 radical (unpaired) electrons. The van der Waals surface area contributed by atoms with Gasteiger partial charge in [-0.05, 0) is 49.9 Å². The highest BCUT2D eigenvalue weighted by Crippen LogP contribution is 2.35. The minimum Gasteiger partial charge on any atom is -0.490 e. The largest absolute Gasteiger partial charge is 0.490 e. The van der Waals surface area contributed by atoms with Crippen LogP contribution in [0.2, 0.25) is 0 Å². The zero-order chi connectivity index (χ0) is 13.3. The third kappa shape index (κ3) is 2.87. The molecule has 2 fully saturated rings. The van der Waals surface area contributed by atoms with Gasteiger partial charge >= 0.3 is 0 Å². The first-order valence-electron chi connectivity index (χ1n) is 6.80. The van der Waals surface area contributed by atoms with Crippen molar-refractivity contribution in [1.82, 2.24) is 5.32 Å². The SMILES string of the molecule is N#CC1(NC2CC2)CCC(Oc2ccc(F)cc2)C1. The van der Waals surface area contributed by atoms with E-state index in [2.05, 4.69) is 11.4 Å². The molecular weight excluding hydrogens is 243 g/mol. The normalized spacial score (nSPS) is 30.0. The monoisotopic (exact) mass is 260 g/mol. The maximum atomic E-state index is 12.8. The lowest BCUT2D eigenvalue weighted by Crippen LogP contribution is -2.43. The van der Waals surface area contributed by atoms with Crippen molar-refractivity contribution in [2.45, 2.75) is 49.8 Å². The van der Waals surface area contributed by atoms with Crippen LogP contribution in [0.15, 0.2) is 24.3 Å². The predicted octanol–water partition coefficient (Wildman–Crippen LogP) is 2.77. The van der Waals surface area contributed by atoms with E-state index in [1.807, 2.05) is 0 Å². The summed E-state index contributed by atoms with van der Waals surface area (Å²) in [6.07, 6.45) is 4.78. The molecule has 0 amide bonds. The first-order chi connectivity index (χ1) is 9.19. The Labute approximate surface area is 112 Å². The van der Waals surface area contributed by atoms with Crippen LogP contribution in [0.4, 0.5) is 4.39 Å². The Balaban J connectivity index is 1.61. The molecule has 100 valence electrons. The number of hydrogen-bond acceptors (Lipinski definition) is 3. The van der Waals surface area contributed by atoms with E-state index >= 15 is 0 Å². The lowest BCUT2D eigenvalue weighted by Gasteiger charge is -2.22. The minimum atomic E-state index is -0.425. The van der Waals surface area contributed by atoms with Crippen LogP contribution in [0.25, 0.3) is 0 Å². The van der Waals surface area contributed by atoms with Gasteiger partial charge in [0.15, 0.2) is 0 Å². The number of nitriles is 1. The number of halogens is 1. The summed E-state index contributed by atoms with van der Waals surface area (Å²) in [5.41, 5.74) is -0.425. The van der Waals surface area contributed by atoms with E-state index < -0.39 is 5.54 Å². The molecule has 19 heavy (non-hydrogen) atoms. The van der Waals surface area contributed by atoms with E-state index in [4.69, 9.17) is 4.74 Å². The number of benzene rings is 1. The van der Waals surface area contributed by atoms with Gasteiger partial charge in [-0.2, -0.15) is 5.26 Å². The Bertz CT molecular complexity index is 492. The third-order valence-corrected chi connectivity index (χ3v) is 3.86. The number of nitrogens with one attached hydrogen (secondary N) is 1. The van der Waals surface area contributed by atoms with Gasteiger partial charge in [-0.25, -0.2) is 4.39 Å². The van der Waals surface area contributed by atoms with Crippen LogP contribution < -0.4 is 10.1 Å². The Morgan fingerprint density at radius 1 is 1.26 bits per heavy atom. The molecular formula is C15H17FN2O. The lowest BCUT2D eigenvalue weighted by atomic mass is 9.99. The first kappa shape index (κ1) is 12.4. The summed E-state index contributed by atoms with van der Waals surface area (Å²) in [5, 5.41) is 12.8. The Morgan fingerprint density at radius 3 is 2.63 bits per heavy atom. The predicted molar refractivity (Wildman–Crippen MR) is 69.2 cm³/mol. The van der Waals surface area contributed by atoms with Gasteiger partial charge in [0.05, 0.1) is 6.07 Å². The van der Waals surface area contributed by atoms with E-state index in [9.17, 15) is 9.65 Å². The molecule has 3 nitrogen and oxygen atoms in total. The minimum absolute atomic E-state index is 0.0383. The lowest BCUT2D eigenvalue weighted by molar-refractivity contribution is 0.200. The van der Waals surface area contributed by atoms with E-state index in [1.54, 1.807) is 12.1 Å². The van der Waals surface area contributed by atoms with Crippen molar-refractivity contribution in [2.75, 3.05) is 0 Å². The molecule has 3 rings (SSSR count). The molecule has 1 aromatic carbocycles. The average Bonchev–Trinajstić information content (AvgIpc) is 3.13. The summed E-state index contributed by atoms with van der Waals surface area (Å²) in [4.78, 5) is 0. The van der Waals surface area contributed by atoms with Crippen LogP contribution in [0.1, 0.15) is 32.1 Å². The number of nitrogens with zero attached hydrogens (tertiary/aromatic N) is 1. The fraction of sp³-hybridized carbons (Fsp3) is 0.533. The molecule has 0 aromatic heterocycles. The molecule has 1 N–H and O–H groups in total. The van der Waals surface area contributed by atoms with Crippen LogP contribution in [0.5, 0.6) is 5.75 Å². The van der Waals surface area contributed by atoms with Gasteiger partial charge in [-0.3, -0.25) is 5.32 Å². The van der Waals surface area contributed by atoms with Crippen molar-refractivity contribution in [3.8, 4) is 11.8 Å². The summed E-state index contributed by atoms with van der Waals surface area (Å²) in [7, 11) is 0. The molecule has 1 aromatic rings. The first-order valence-corrected chi connectivity index (χ1v) is 6.80. The van der Waals surface area contributed by atoms with Gasteiger partial charge in [0.2, 0.25) is 0 Å². The molecule has 4 heteroatoms. The van der Waals surface area contributed by atoms with Crippen molar-refractivity contribution in [1.29, 1.82) is 5.26 Å². The summed E-state index contributed by atoms with van der Waals surface area (Å²) < 4.78 is 18.7. The highest BCUT2D eigenvalue weighted by Gasteiger charge is 2.43. The van der Waals surface area contributed by atoms with Crippen LogP contribution in [-0.4, -0.2) is 17.7 Å². The summed E-state index contributed by atoms with van der Waals surface area (Å²) >= 11 is 0. The number of rotatable bonds is 4. The Hall–Kier alpha value is -1.60. The van der Waals surface area contributed by atoms with Crippen LogP contribution >= 0.6 is 0 Å². The fourth-order valence-electron chi connectivity index (χ4n) is 2.69. The van der Waals surface area contributed by atoms with Gasteiger partial charge in [0.1, 0.15) is 23.2 Å². The van der Waals surface area contributed by atoms with Gasteiger partial charge in [0.25, 0.3) is 0 Å². The number of ether oxygens (including phenoxy) is 1. The maximum Gasteiger partial charge on any atom is 0.123 e. The quantitative estimate of drug-likeness (QED) is 0.905. The topological polar surface area (TPSA) is 45.0 Å². The zero-order valence-corrected chi connectivity index (χ0v) is 10.7. The van der Waals surface area contributed by atoms with Crippen LogP contribution in [0, 0.1) is 17.1 Å². The molecule has 2 unspecified atom stereocenters. The van der Waals surface area contributed by atoms with Crippen molar-refractivity contribution < 1.29 is 9.13 Å². The molecule has 2 aliphatic rings. The van der Waals surface area contributed by atoms with Gasteiger partial charge < -0.3 is 4.74 Å². The fourth-order valence-corrected chi connectivity index (χ4v) is 2.69. The molecule has 2 atom stereocenters. The Morgan fingerprint density at radius 2 is 2.00 bits per heavy atom. The number of hydrogen-bond donors (Lipinski definition) is 1. The van der Waals surface area contributed by atoms with Gasteiger partial charge in [0, 0.05) is 12.5 Å². The second kappa shape index (κ2) is 4.82. The van der Waals surface area contributed by atoms with E-state index in [0.717, 1.165) is 12.8 Å². The van der Waals surface area contributed by atoms with E-state index in [0.29, 0.717) is 18.2 Å². The highest BCUT2D eigenvalue weighted by molar-refractivity contribution is 5.23. The van der Waals surface area contributed by atoms with Crippen molar-refractivity contribution in [3.05, 3.63) is 30.1 Å². The molecule has 0 bridgehead atoms. The van der Waals surface area contributed by atoms with Gasteiger partial charge in [-0.1, -0.05) is 0 Å².